The zero-order chi connectivity index (χ0) is 14.0. The molecule has 0 unspecified atom stereocenters. The average Bonchev–Trinajstić information content (AvgIpc) is 2.69. The highest BCUT2D eigenvalue weighted by molar-refractivity contribution is 6.07. The molecular formula is C12H12F3N3O. The van der Waals surface area contributed by atoms with Gasteiger partial charge in [-0.25, -0.2) is 0 Å². The van der Waals surface area contributed by atoms with E-state index in [0.29, 0.717) is 16.6 Å². The highest BCUT2D eigenvalue weighted by Gasteiger charge is 2.26. The van der Waals surface area contributed by atoms with Crippen LogP contribution in [0.4, 0.5) is 18.9 Å². The van der Waals surface area contributed by atoms with E-state index in [9.17, 15) is 18.0 Å². The fourth-order valence-corrected chi connectivity index (χ4v) is 1.74. The standard InChI is InChI=1S/C12H12F3N3O/c13-12(14,15)3-4-17-11(19)9-6-18-10-2-1-7(16)5-8(9)10/h1-2,5-6,18H,3-4,16H2,(H,17,19). The number of H-pyrrole nitrogens is 1. The molecule has 0 aliphatic heterocycles. The zero-order valence-corrected chi connectivity index (χ0v) is 9.84. The molecule has 19 heavy (non-hydrogen) atoms. The summed E-state index contributed by atoms with van der Waals surface area (Å²) in [6, 6.07) is 4.98. The quantitative estimate of drug-likeness (QED) is 0.750. The lowest BCUT2D eigenvalue weighted by atomic mass is 10.1. The van der Waals surface area contributed by atoms with E-state index in [1.807, 2.05) is 0 Å². The van der Waals surface area contributed by atoms with Crippen LogP contribution in [0.1, 0.15) is 16.8 Å². The van der Waals surface area contributed by atoms with Crippen molar-refractivity contribution in [1.29, 1.82) is 0 Å². The smallest absolute Gasteiger partial charge is 0.390 e. The number of nitrogens with two attached hydrogens (primary N) is 1. The third-order valence-corrected chi connectivity index (χ3v) is 2.64. The van der Waals surface area contributed by atoms with Gasteiger partial charge in [-0.1, -0.05) is 0 Å². The van der Waals surface area contributed by atoms with Crippen LogP contribution in [0.25, 0.3) is 10.9 Å². The fourth-order valence-electron chi connectivity index (χ4n) is 1.74. The lowest BCUT2D eigenvalue weighted by Crippen LogP contribution is -2.27. The van der Waals surface area contributed by atoms with Crippen molar-refractivity contribution in [2.75, 3.05) is 12.3 Å². The average molecular weight is 271 g/mol. The minimum absolute atomic E-state index is 0.282. The van der Waals surface area contributed by atoms with Crippen molar-refractivity contribution in [2.24, 2.45) is 0 Å². The second-order valence-corrected chi connectivity index (χ2v) is 4.13. The van der Waals surface area contributed by atoms with Gasteiger partial charge in [-0.05, 0) is 18.2 Å². The summed E-state index contributed by atoms with van der Waals surface area (Å²) >= 11 is 0. The molecule has 1 aromatic carbocycles. The van der Waals surface area contributed by atoms with Crippen molar-refractivity contribution >= 4 is 22.5 Å². The number of fused-ring (bicyclic) bond motifs is 1. The molecule has 0 bridgehead atoms. The van der Waals surface area contributed by atoms with Gasteiger partial charge in [0.2, 0.25) is 0 Å². The number of nitrogen functional groups attached to an aromatic ring is 1. The number of benzene rings is 1. The van der Waals surface area contributed by atoms with Crippen LogP contribution < -0.4 is 11.1 Å². The summed E-state index contributed by atoms with van der Waals surface area (Å²) in [4.78, 5) is 14.6. The van der Waals surface area contributed by atoms with Crippen molar-refractivity contribution in [3.63, 3.8) is 0 Å². The number of alkyl halides is 3. The summed E-state index contributed by atoms with van der Waals surface area (Å²) in [5.41, 5.74) is 7.08. The summed E-state index contributed by atoms with van der Waals surface area (Å²) in [6.45, 7) is -0.447. The Kier molecular flexibility index (Phi) is 3.37. The van der Waals surface area contributed by atoms with Crippen LogP contribution in [0.2, 0.25) is 0 Å². The first-order valence-electron chi connectivity index (χ1n) is 5.58. The number of nitrogens with one attached hydrogen (secondary N) is 2. The molecule has 0 saturated heterocycles. The second-order valence-electron chi connectivity index (χ2n) is 4.13. The van der Waals surface area contributed by atoms with Gasteiger partial charge in [-0.3, -0.25) is 4.79 Å². The van der Waals surface area contributed by atoms with Crippen LogP contribution in [-0.2, 0) is 0 Å². The molecule has 1 amide bonds. The van der Waals surface area contributed by atoms with Crippen molar-refractivity contribution in [3.05, 3.63) is 30.0 Å². The van der Waals surface area contributed by atoms with Gasteiger partial charge in [0.05, 0.1) is 12.0 Å². The summed E-state index contributed by atoms with van der Waals surface area (Å²) in [6.07, 6.45) is -3.88. The normalized spacial score (nSPS) is 11.7. The molecule has 7 heteroatoms. The van der Waals surface area contributed by atoms with Gasteiger partial charge in [0.25, 0.3) is 5.91 Å². The molecular weight excluding hydrogens is 259 g/mol. The Bertz CT molecular complexity index is 604. The molecule has 0 spiro atoms. The van der Waals surface area contributed by atoms with Gasteiger partial charge >= 0.3 is 6.18 Å². The molecule has 0 saturated carbocycles. The predicted octanol–water partition coefficient (Wildman–Crippen LogP) is 2.43. The highest BCUT2D eigenvalue weighted by Crippen LogP contribution is 2.21. The number of halogens is 3. The van der Waals surface area contributed by atoms with E-state index in [2.05, 4.69) is 10.3 Å². The Balaban J connectivity index is 2.11. The molecule has 0 aliphatic carbocycles. The molecule has 102 valence electrons. The Labute approximate surface area is 106 Å². The lowest BCUT2D eigenvalue weighted by Gasteiger charge is -2.07. The minimum atomic E-state index is -4.28. The van der Waals surface area contributed by atoms with Gasteiger partial charge in [0.15, 0.2) is 0 Å². The van der Waals surface area contributed by atoms with E-state index in [0.717, 1.165) is 0 Å². The minimum Gasteiger partial charge on any atom is -0.399 e. The maximum atomic E-state index is 12.0. The van der Waals surface area contributed by atoms with Crippen LogP contribution in [0, 0.1) is 0 Å². The van der Waals surface area contributed by atoms with Crippen molar-refractivity contribution in [2.45, 2.75) is 12.6 Å². The maximum Gasteiger partial charge on any atom is 0.390 e. The molecule has 0 radical (unpaired) electrons. The molecule has 4 nitrogen and oxygen atoms in total. The molecule has 4 N–H and O–H groups in total. The Morgan fingerprint density at radius 3 is 2.79 bits per heavy atom. The number of aromatic nitrogens is 1. The Hall–Kier alpha value is -2.18. The van der Waals surface area contributed by atoms with E-state index in [4.69, 9.17) is 5.73 Å². The summed E-state index contributed by atoms with van der Waals surface area (Å²) in [5.74, 6) is -0.555. The van der Waals surface area contributed by atoms with E-state index in [1.54, 1.807) is 18.2 Å². The molecule has 1 heterocycles. The first-order chi connectivity index (χ1) is 8.87. The largest absolute Gasteiger partial charge is 0.399 e. The number of carbonyl (C=O) groups is 1. The molecule has 2 rings (SSSR count). The molecule has 0 atom stereocenters. The predicted molar refractivity (Wildman–Crippen MR) is 65.7 cm³/mol. The van der Waals surface area contributed by atoms with E-state index in [1.165, 1.54) is 6.20 Å². The second kappa shape index (κ2) is 4.83. The van der Waals surface area contributed by atoms with E-state index in [-0.39, 0.29) is 5.56 Å². The van der Waals surface area contributed by atoms with Crippen molar-refractivity contribution in [3.8, 4) is 0 Å². The van der Waals surface area contributed by atoms with E-state index >= 15 is 0 Å². The van der Waals surface area contributed by atoms with Crippen LogP contribution in [-0.4, -0.2) is 23.6 Å². The van der Waals surface area contributed by atoms with Crippen molar-refractivity contribution < 1.29 is 18.0 Å². The number of rotatable bonds is 3. The zero-order valence-electron chi connectivity index (χ0n) is 9.84. The van der Waals surface area contributed by atoms with Gasteiger partial charge in [-0.15, -0.1) is 0 Å². The van der Waals surface area contributed by atoms with Gasteiger partial charge in [0.1, 0.15) is 0 Å². The number of amides is 1. The fraction of sp³-hybridized carbons (Fsp3) is 0.250. The van der Waals surface area contributed by atoms with Crippen LogP contribution in [0.3, 0.4) is 0 Å². The van der Waals surface area contributed by atoms with Gasteiger partial charge in [0, 0.05) is 29.3 Å². The van der Waals surface area contributed by atoms with Crippen LogP contribution >= 0.6 is 0 Å². The molecule has 1 aromatic heterocycles. The summed E-state index contributed by atoms with van der Waals surface area (Å²) in [5, 5.41) is 2.82. The number of carbonyl (C=O) groups excluding carboxylic acids is 1. The number of aromatic amines is 1. The third-order valence-electron chi connectivity index (χ3n) is 2.64. The van der Waals surface area contributed by atoms with Crippen molar-refractivity contribution in [1.82, 2.24) is 10.3 Å². The van der Waals surface area contributed by atoms with Crippen LogP contribution in [0.5, 0.6) is 0 Å². The summed E-state index contributed by atoms with van der Waals surface area (Å²) < 4.78 is 35.9. The SMILES string of the molecule is Nc1ccc2[nH]cc(C(=O)NCCC(F)(F)F)c2c1. The Morgan fingerprint density at radius 2 is 2.11 bits per heavy atom. The molecule has 2 aromatic rings. The number of hydrogen-bond acceptors (Lipinski definition) is 2. The maximum absolute atomic E-state index is 12.0. The highest BCUT2D eigenvalue weighted by atomic mass is 19.4. The molecule has 0 fully saturated rings. The van der Waals surface area contributed by atoms with Gasteiger partial charge < -0.3 is 16.0 Å². The summed E-state index contributed by atoms with van der Waals surface area (Å²) in [7, 11) is 0. The first kappa shape index (κ1) is 13.3. The lowest BCUT2D eigenvalue weighted by molar-refractivity contribution is -0.132. The third kappa shape index (κ3) is 3.18. The van der Waals surface area contributed by atoms with Gasteiger partial charge in [-0.2, -0.15) is 13.2 Å². The number of anilines is 1. The topological polar surface area (TPSA) is 70.9 Å². The van der Waals surface area contributed by atoms with Crippen LogP contribution in [0.15, 0.2) is 24.4 Å². The van der Waals surface area contributed by atoms with E-state index < -0.39 is 25.0 Å². The number of hydrogen-bond donors (Lipinski definition) is 3. The Morgan fingerprint density at radius 1 is 1.37 bits per heavy atom. The molecule has 0 aliphatic rings. The first-order valence-corrected chi connectivity index (χ1v) is 5.58. The monoisotopic (exact) mass is 271 g/mol.